The van der Waals surface area contributed by atoms with Crippen LogP contribution in [0.1, 0.15) is 12.0 Å². The number of nitrogens with one attached hydrogen (secondary N) is 2. The molecule has 2 N–H and O–H groups in total. The van der Waals surface area contributed by atoms with E-state index in [1.54, 1.807) is 6.20 Å². The number of rotatable bonds is 5. The van der Waals surface area contributed by atoms with E-state index >= 15 is 0 Å². The minimum atomic E-state index is -0.929. The zero-order chi connectivity index (χ0) is 17.1. The fourth-order valence-electron chi connectivity index (χ4n) is 3.32. The minimum absolute atomic E-state index is 0.235. The number of H-pyrrole nitrogens is 1. The Balaban J connectivity index is 1.34. The quantitative estimate of drug-likeness (QED) is 0.746. The summed E-state index contributed by atoms with van der Waals surface area (Å²) in [5.74, 6) is 0.643. The summed E-state index contributed by atoms with van der Waals surface area (Å²) >= 11 is 0. The molecule has 1 saturated heterocycles. The number of nitrogens with zero attached hydrogens (tertiary/aromatic N) is 4. The molecule has 1 aliphatic rings. The lowest BCUT2D eigenvalue weighted by Crippen LogP contribution is -2.48. The van der Waals surface area contributed by atoms with Gasteiger partial charge in [0.05, 0.1) is 17.6 Å². The van der Waals surface area contributed by atoms with Crippen molar-refractivity contribution in [2.45, 2.75) is 25.1 Å². The molecule has 0 saturated carbocycles. The predicted molar refractivity (Wildman–Crippen MR) is 95.2 cm³/mol. The van der Waals surface area contributed by atoms with Crippen molar-refractivity contribution >= 4 is 16.9 Å². The molecule has 4 rings (SSSR count). The summed E-state index contributed by atoms with van der Waals surface area (Å²) < 4.78 is 14.7. The smallest absolute Gasteiger partial charge is 0.160 e. The van der Waals surface area contributed by atoms with Gasteiger partial charge in [0.25, 0.3) is 0 Å². The molecule has 3 heterocycles. The highest BCUT2D eigenvalue weighted by atomic mass is 19.1. The number of aromatic nitrogens is 4. The first-order valence-electron chi connectivity index (χ1n) is 8.60. The lowest BCUT2D eigenvalue weighted by molar-refractivity contribution is 0.127. The number of hydrogen-bond acceptors (Lipinski definition) is 5. The van der Waals surface area contributed by atoms with Gasteiger partial charge in [0.15, 0.2) is 5.65 Å². The molecular formula is C18H21FN6. The fourth-order valence-corrected chi connectivity index (χ4v) is 3.32. The second-order valence-corrected chi connectivity index (χ2v) is 6.45. The second-order valence-electron chi connectivity index (χ2n) is 6.45. The summed E-state index contributed by atoms with van der Waals surface area (Å²) in [4.78, 5) is 10.5. The van der Waals surface area contributed by atoms with Gasteiger partial charge in [-0.15, -0.1) is 0 Å². The van der Waals surface area contributed by atoms with Gasteiger partial charge in [-0.3, -0.25) is 10.00 Å². The van der Waals surface area contributed by atoms with Crippen molar-refractivity contribution in [2.24, 2.45) is 0 Å². The third kappa shape index (κ3) is 3.61. The molecule has 0 spiro atoms. The Labute approximate surface area is 145 Å². The molecule has 0 unspecified atom stereocenters. The number of piperidine rings is 1. The molecule has 3 aromatic rings. The van der Waals surface area contributed by atoms with Gasteiger partial charge in [-0.2, -0.15) is 5.10 Å². The average molecular weight is 340 g/mol. The maximum Gasteiger partial charge on any atom is 0.160 e. The van der Waals surface area contributed by atoms with Gasteiger partial charge < -0.3 is 5.32 Å². The molecule has 0 aliphatic carbocycles. The predicted octanol–water partition coefficient (Wildman–Crippen LogP) is 2.42. The maximum atomic E-state index is 14.7. The zero-order valence-corrected chi connectivity index (χ0v) is 13.9. The van der Waals surface area contributed by atoms with Gasteiger partial charge >= 0.3 is 0 Å². The Morgan fingerprint density at radius 2 is 2.12 bits per heavy atom. The van der Waals surface area contributed by atoms with Crippen LogP contribution in [0.15, 0.2) is 42.9 Å². The number of likely N-dealkylation sites (tertiary alicyclic amines) is 1. The van der Waals surface area contributed by atoms with Crippen LogP contribution in [0, 0.1) is 0 Å². The van der Waals surface area contributed by atoms with Gasteiger partial charge in [0.1, 0.15) is 18.3 Å². The van der Waals surface area contributed by atoms with Crippen molar-refractivity contribution in [1.82, 2.24) is 25.1 Å². The van der Waals surface area contributed by atoms with E-state index in [2.05, 4.69) is 42.5 Å². The molecule has 2 aromatic heterocycles. The first-order chi connectivity index (χ1) is 12.3. The number of benzene rings is 1. The van der Waals surface area contributed by atoms with Crippen LogP contribution in [0.5, 0.6) is 0 Å². The first kappa shape index (κ1) is 16.0. The third-order valence-corrected chi connectivity index (χ3v) is 4.76. The third-order valence-electron chi connectivity index (χ3n) is 4.76. The standard InChI is InChI=1S/C18H21FN6/c19-15-11-25(8-6-13-4-2-1-3-5-13)9-7-16(15)23-17-14-10-22-24-18(14)21-12-20-17/h1-5,10,12,15-16H,6-9,11H2,(H2,20,21,22,23,24)/t15-,16+/m1/s1. The summed E-state index contributed by atoms with van der Waals surface area (Å²) in [5, 5.41) is 10.8. The Morgan fingerprint density at radius 1 is 1.24 bits per heavy atom. The van der Waals surface area contributed by atoms with Crippen LogP contribution in [0.2, 0.25) is 0 Å². The molecule has 0 amide bonds. The van der Waals surface area contributed by atoms with Crippen LogP contribution >= 0.6 is 0 Å². The molecule has 1 aromatic carbocycles. The topological polar surface area (TPSA) is 69.7 Å². The Kier molecular flexibility index (Phi) is 4.56. The van der Waals surface area contributed by atoms with Gasteiger partial charge in [0.2, 0.25) is 0 Å². The number of anilines is 1. The van der Waals surface area contributed by atoms with Crippen molar-refractivity contribution in [1.29, 1.82) is 0 Å². The first-order valence-corrected chi connectivity index (χ1v) is 8.60. The lowest BCUT2D eigenvalue weighted by atomic mass is 10.0. The van der Waals surface area contributed by atoms with Gasteiger partial charge in [-0.05, 0) is 18.4 Å². The van der Waals surface area contributed by atoms with Crippen LogP contribution in [0.4, 0.5) is 10.2 Å². The van der Waals surface area contributed by atoms with Crippen LogP contribution in [0.25, 0.3) is 11.0 Å². The van der Waals surface area contributed by atoms with Crippen LogP contribution in [0.3, 0.4) is 0 Å². The van der Waals surface area contributed by atoms with Gasteiger partial charge in [0, 0.05) is 19.6 Å². The van der Waals surface area contributed by atoms with E-state index in [1.807, 2.05) is 18.2 Å². The van der Waals surface area contributed by atoms with Crippen molar-refractivity contribution in [3.8, 4) is 0 Å². The normalized spacial score (nSPS) is 21.5. The lowest BCUT2D eigenvalue weighted by Gasteiger charge is -2.35. The SMILES string of the molecule is F[C@@H]1CN(CCc2ccccc2)CC[C@@H]1Nc1ncnc2[nH]ncc12. The average Bonchev–Trinajstić information content (AvgIpc) is 3.13. The van der Waals surface area contributed by atoms with E-state index in [1.165, 1.54) is 11.9 Å². The molecule has 7 heteroatoms. The Morgan fingerprint density at radius 3 is 2.96 bits per heavy atom. The Hall–Kier alpha value is -2.54. The summed E-state index contributed by atoms with van der Waals surface area (Å²) in [7, 11) is 0. The summed E-state index contributed by atoms with van der Waals surface area (Å²) in [6, 6.07) is 10.1. The fraction of sp³-hybridized carbons (Fsp3) is 0.389. The van der Waals surface area contributed by atoms with Crippen molar-refractivity contribution < 1.29 is 4.39 Å². The number of alkyl halides is 1. The summed E-state index contributed by atoms with van der Waals surface area (Å²) in [6.07, 6.45) is 3.90. The molecule has 1 aliphatic heterocycles. The van der Waals surface area contributed by atoms with Gasteiger partial charge in [-0.25, -0.2) is 14.4 Å². The largest absolute Gasteiger partial charge is 0.364 e. The second kappa shape index (κ2) is 7.14. The molecule has 0 radical (unpaired) electrons. The maximum absolute atomic E-state index is 14.7. The van der Waals surface area contributed by atoms with Gasteiger partial charge in [-0.1, -0.05) is 30.3 Å². The molecule has 130 valence electrons. The van der Waals surface area contributed by atoms with E-state index in [0.29, 0.717) is 18.0 Å². The van der Waals surface area contributed by atoms with E-state index in [9.17, 15) is 4.39 Å². The molecular weight excluding hydrogens is 319 g/mol. The monoisotopic (exact) mass is 340 g/mol. The van der Waals surface area contributed by atoms with Crippen molar-refractivity contribution in [3.05, 3.63) is 48.4 Å². The Bertz CT molecular complexity index is 821. The number of halogens is 1. The molecule has 1 fully saturated rings. The van der Waals surface area contributed by atoms with E-state index in [-0.39, 0.29) is 6.04 Å². The van der Waals surface area contributed by atoms with E-state index in [0.717, 1.165) is 31.3 Å². The number of hydrogen-bond donors (Lipinski definition) is 2. The molecule has 25 heavy (non-hydrogen) atoms. The highest BCUT2D eigenvalue weighted by molar-refractivity contribution is 5.85. The summed E-state index contributed by atoms with van der Waals surface area (Å²) in [6.45, 7) is 2.21. The van der Waals surface area contributed by atoms with Crippen LogP contribution in [-0.2, 0) is 6.42 Å². The van der Waals surface area contributed by atoms with E-state index < -0.39 is 6.17 Å². The molecule has 6 nitrogen and oxygen atoms in total. The molecule has 0 bridgehead atoms. The highest BCUT2D eigenvalue weighted by Gasteiger charge is 2.29. The van der Waals surface area contributed by atoms with Crippen LogP contribution in [-0.4, -0.2) is 56.9 Å². The molecule has 2 atom stereocenters. The summed E-state index contributed by atoms with van der Waals surface area (Å²) in [5.41, 5.74) is 1.95. The van der Waals surface area contributed by atoms with Crippen molar-refractivity contribution in [3.63, 3.8) is 0 Å². The number of aromatic amines is 1. The zero-order valence-electron chi connectivity index (χ0n) is 13.9. The number of fused-ring (bicyclic) bond motifs is 1. The highest BCUT2D eigenvalue weighted by Crippen LogP contribution is 2.22. The van der Waals surface area contributed by atoms with Crippen LogP contribution < -0.4 is 5.32 Å². The van der Waals surface area contributed by atoms with Crippen molar-refractivity contribution in [2.75, 3.05) is 25.0 Å². The van der Waals surface area contributed by atoms with E-state index in [4.69, 9.17) is 0 Å². The minimum Gasteiger partial charge on any atom is -0.364 e.